The van der Waals surface area contributed by atoms with Gasteiger partial charge in [-0.1, -0.05) is 26.0 Å². The molecule has 2 aliphatic rings. The molecule has 2 heterocycles. The molecule has 1 saturated heterocycles. The summed E-state index contributed by atoms with van der Waals surface area (Å²) in [4.78, 5) is 33.2. The van der Waals surface area contributed by atoms with Gasteiger partial charge in [0, 0.05) is 36.1 Å². The van der Waals surface area contributed by atoms with Crippen molar-refractivity contribution in [1.29, 1.82) is 0 Å². The van der Waals surface area contributed by atoms with Crippen molar-refractivity contribution in [2.24, 2.45) is 0 Å². The zero-order valence-corrected chi connectivity index (χ0v) is 22.3. The fraction of sp³-hybridized carbons (Fsp3) is 0.577. The van der Waals surface area contributed by atoms with Crippen LogP contribution in [0.15, 0.2) is 24.3 Å². The zero-order valence-electron chi connectivity index (χ0n) is 21.5. The molecule has 35 heavy (non-hydrogen) atoms. The molecule has 8 nitrogen and oxygen atoms in total. The Balaban J connectivity index is 0.00000167. The number of rotatable bonds is 5. The summed E-state index contributed by atoms with van der Waals surface area (Å²) in [5.41, 5.74) is 1.90. The summed E-state index contributed by atoms with van der Waals surface area (Å²) < 4.78 is 10.7. The highest BCUT2D eigenvalue weighted by Crippen LogP contribution is 2.32. The number of ether oxygens (including phenoxy) is 2. The number of carbonyl (C=O) groups is 2. The smallest absolute Gasteiger partial charge is 0.407 e. The summed E-state index contributed by atoms with van der Waals surface area (Å²) in [5.74, 6) is -0.204. The van der Waals surface area contributed by atoms with Crippen LogP contribution in [0.3, 0.4) is 0 Å². The number of amides is 2. The molecule has 0 spiro atoms. The molecule has 1 atom stereocenters. The van der Waals surface area contributed by atoms with Crippen molar-refractivity contribution in [1.82, 2.24) is 15.2 Å². The van der Waals surface area contributed by atoms with Gasteiger partial charge in [0.25, 0.3) is 5.91 Å². The first-order valence-electron chi connectivity index (χ1n) is 12.4. The second-order valence-corrected chi connectivity index (χ2v) is 10.5. The summed E-state index contributed by atoms with van der Waals surface area (Å²) in [6.45, 7) is 13.3. The number of nitrogens with one attached hydrogen (secondary N) is 2. The monoisotopic (exact) mass is 502 g/mol. The van der Waals surface area contributed by atoms with Gasteiger partial charge in [-0.2, -0.15) is 0 Å². The molecule has 1 aliphatic carbocycles. The molecule has 0 radical (unpaired) electrons. The van der Waals surface area contributed by atoms with Crippen molar-refractivity contribution < 1.29 is 19.1 Å². The van der Waals surface area contributed by atoms with Gasteiger partial charge in [-0.05, 0) is 57.7 Å². The van der Waals surface area contributed by atoms with Crippen molar-refractivity contribution in [3.8, 4) is 0 Å². The third-order valence-corrected chi connectivity index (χ3v) is 6.76. The van der Waals surface area contributed by atoms with E-state index in [4.69, 9.17) is 9.47 Å². The Hall–Kier alpha value is -2.49. The van der Waals surface area contributed by atoms with Gasteiger partial charge in [-0.15, -0.1) is 11.3 Å². The molecular weight excluding hydrogens is 464 g/mol. The first kappa shape index (κ1) is 27.1. The molecule has 1 fully saturated rings. The molecule has 1 aliphatic heterocycles. The topological polar surface area (TPSA) is 92.8 Å². The number of nitrogens with zero attached hydrogens (tertiary/aromatic N) is 2. The van der Waals surface area contributed by atoms with E-state index in [1.54, 1.807) is 29.5 Å². The average Bonchev–Trinajstić information content (AvgIpc) is 3.25. The van der Waals surface area contributed by atoms with Gasteiger partial charge in [0.05, 0.1) is 18.9 Å². The molecule has 9 heteroatoms. The van der Waals surface area contributed by atoms with Crippen LogP contribution in [-0.4, -0.2) is 59.8 Å². The number of thiazole rings is 1. The number of fused-ring (bicyclic) bond motifs is 1. The number of benzene rings is 1. The van der Waals surface area contributed by atoms with Gasteiger partial charge >= 0.3 is 6.09 Å². The molecule has 4 rings (SSSR count). The van der Waals surface area contributed by atoms with Gasteiger partial charge in [0.1, 0.15) is 5.60 Å². The van der Waals surface area contributed by atoms with Crippen LogP contribution in [0.25, 0.3) is 0 Å². The maximum atomic E-state index is 12.8. The van der Waals surface area contributed by atoms with Crippen LogP contribution < -0.4 is 10.6 Å². The number of aromatic nitrogens is 1. The predicted octanol–water partition coefficient (Wildman–Crippen LogP) is 4.64. The number of aryl methyl sites for hydroxylation is 1. The first-order chi connectivity index (χ1) is 16.8. The van der Waals surface area contributed by atoms with E-state index in [1.807, 2.05) is 40.7 Å². The lowest BCUT2D eigenvalue weighted by Gasteiger charge is -2.36. The van der Waals surface area contributed by atoms with Crippen LogP contribution in [0.5, 0.6) is 0 Å². The summed E-state index contributed by atoms with van der Waals surface area (Å²) in [7, 11) is 0. The first-order valence-corrected chi connectivity index (χ1v) is 13.3. The highest BCUT2D eigenvalue weighted by Gasteiger charge is 2.28. The van der Waals surface area contributed by atoms with Gasteiger partial charge in [-0.3, -0.25) is 15.0 Å². The summed E-state index contributed by atoms with van der Waals surface area (Å²) in [6.07, 6.45) is 2.53. The van der Waals surface area contributed by atoms with E-state index in [0.717, 1.165) is 56.8 Å². The van der Waals surface area contributed by atoms with E-state index in [-0.39, 0.29) is 12.5 Å². The minimum absolute atomic E-state index is 0.204. The Morgan fingerprint density at radius 3 is 2.69 bits per heavy atom. The van der Waals surface area contributed by atoms with Gasteiger partial charge in [0.2, 0.25) is 0 Å². The minimum Gasteiger partial charge on any atom is -0.444 e. The molecule has 0 saturated carbocycles. The van der Waals surface area contributed by atoms with E-state index in [2.05, 4.69) is 20.5 Å². The van der Waals surface area contributed by atoms with Gasteiger partial charge in [-0.25, -0.2) is 9.78 Å². The maximum Gasteiger partial charge on any atom is 0.407 e. The van der Waals surface area contributed by atoms with Crippen molar-refractivity contribution in [3.05, 3.63) is 46.0 Å². The molecule has 192 valence electrons. The van der Waals surface area contributed by atoms with Crippen molar-refractivity contribution >= 4 is 28.5 Å². The molecule has 1 aromatic heterocycles. The molecule has 2 N–H and O–H groups in total. The second kappa shape index (κ2) is 12.5. The number of carbonyl (C=O) groups excluding carboxylic acids is 2. The third-order valence-electron chi connectivity index (χ3n) is 5.72. The van der Waals surface area contributed by atoms with E-state index >= 15 is 0 Å². The quantitative estimate of drug-likeness (QED) is 0.619. The van der Waals surface area contributed by atoms with Gasteiger partial charge < -0.3 is 14.8 Å². The molecular formula is C26H38N4O4S. The predicted molar refractivity (Wildman–Crippen MR) is 139 cm³/mol. The van der Waals surface area contributed by atoms with Crippen LogP contribution in [0.1, 0.15) is 67.5 Å². The normalized spacial score (nSPS) is 18.0. The lowest BCUT2D eigenvalue weighted by Crippen LogP contribution is -2.45. The highest BCUT2D eigenvalue weighted by molar-refractivity contribution is 7.15. The van der Waals surface area contributed by atoms with Crippen LogP contribution in [0.4, 0.5) is 9.93 Å². The average molecular weight is 503 g/mol. The lowest BCUT2D eigenvalue weighted by atomic mass is 9.96. The molecule has 2 aromatic rings. The Morgan fingerprint density at radius 1 is 1.23 bits per heavy atom. The number of anilines is 1. The maximum absolute atomic E-state index is 12.8. The fourth-order valence-corrected chi connectivity index (χ4v) is 5.22. The van der Waals surface area contributed by atoms with Crippen molar-refractivity contribution in [3.63, 3.8) is 0 Å². The Morgan fingerprint density at radius 2 is 1.97 bits per heavy atom. The fourth-order valence-electron chi connectivity index (χ4n) is 4.15. The van der Waals surface area contributed by atoms with E-state index in [9.17, 15) is 9.59 Å². The minimum atomic E-state index is -0.555. The highest BCUT2D eigenvalue weighted by atomic mass is 32.1. The molecule has 1 aromatic carbocycles. The molecule has 0 bridgehead atoms. The Bertz CT molecular complexity index is 995. The number of alkyl carbamates (subject to hydrolysis) is 1. The Labute approximate surface area is 212 Å². The lowest BCUT2D eigenvalue weighted by molar-refractivity contribution is 0.0139. The van der Waals surface area contributed by atoms with E-state index in [1.165, 1.54) is 4.88 Å². The number of hydrogen-bond donors (Lipinski definition) is 2. The van der Waals surface area contributed by atoms with Crippen LogP contribution in [0, 0.1) is 0 Å². The summed E-state index contributed by atoms with van der Waals surface area (Å²) >= 11 is 1.58. The van der Waals surface area contributed by atoms with Gasteiger partial charge in [0.15, 0.2) is 5.13 Å². The standard InChI is InChI=1S/C24H32N4O4S.C2H6/c1-24(2,3)32-23(30)25-15-16-5-4-6-17(13-16)21(29)27-22-26-19-8-7-18(14-20(19)33-22)28-9-11-31-12-10-28;1-2/h4-6,13,18H,7-12,14-15H2,1-3H3,(H,25,30)(H,26,27,29);1-2H3. The SMILES string of the molecule is CC.CC(C)(C)OC(=O)NCc1cccc(C(=O)Nc2nc3c(s2)CC(N2CCOCC2)CC3)c1. The largest absolute Gasteiger partial charge is 0.444 e. The van der Waals surface area contributed by atoms with Crippen molar-refractivity contribution in [2.75, 3.05) is 31.6 Å². The van der Waals surface area contributed by atoms with Crippen LogP contribution in [-0.2, 0) is 28.9 Å². The number of hydrogen-bond acceptors (Lipinski definition) is 7. The number of morpholine rings is 1. The summed E-state index contributed by atoms with van der Waals surface area (Å²) in [5, 5.41) is 6.32. The Kier molecular flexibility index (Phi) is 9.65. The molecule has 1 unspecified atom stereocenters. The van der Waals surface area contributed by atoms with E-state index in [0.29, 0.717) is 16.7 Å². The molecule has 2 amide bonds. The van der Waals surface area contributed by atoms with Crippen LogP contribution in [0.2, 0.25) is 0 Å². The zero-order chi connectivity index (χ0) is 25.4. The van der Waals surface area contributed by atoms with Crippen LogP contribution >= 0.6 is 11.3 Å². The second-order valence-electron chi connectivity index (χ2n) is 9.44. The van der Waals surface area contributed by atoms with Crippen molar-refractivity contribution in [2.45, 2.75) is 72.1 Å². The van der Waals surface area contributed by atoms with E-state index < -0.39 is 11.7 Å². The summed E-state index contributed by atoms with van der Waals surface area (Å²) in [6, 6.07) is 7.73. The third kappa shape index (κ3) is 8.02.